The highest BCUT2D eigenvalue weighted by Crippen LogP contribution is 2.21. The van der Waals surface area contributed by atoms with Crippen molar-refractivity contribution in [2.45, 2.75) is 0 Å². The fraction of sp³-hybridized carbons (Fsp3) is 0.133. The zero-order valence-corrected chi connectivity index (χ0v) is 10.6. The molecule has 0 aromatic heterocycles. The second-order valence-electron chi connectivity index (χ2n) is 3.86. The molecule has 0 bridgehead atoms. The second-order valence-corrected chi connectivity index (χ2v) is 3.86. The zero-order valence-electron chi connectivity index (χ0n) is 10.6. The zero-order chi connectivity index (χ0) is 14.3. The molecule has 4 heteroatoms. The first-order chi connectivity index (χ1) is 9.08. The molecule has 0 unspecified atom stereocenters. The number of benzene rings is 1. The van der Waals surface area contributed by atoms with Crippen molar-refractivity contribution in [1.82, 2.24) is 0 Å². The van der Waals surface area contributed by atoms with Crippen LogP contribution < -0.4 is 4.90 Å². The van der Waals surface area contributed by atoms with Crippen LogP contribution in [0.3, 0.4) is 0 Å². The summed E-state index contributed by atoms with van der Waals surface area (Å²) in [6.07, 6.45) is 5.68. The van der Waals surface area contributed by atoms with E-state index in [0.717, 1.165) is 6.08 Å². The van der Waals surface area contributed by atoms with Gasteiger partial charge in [-0.2, -0.15) is 0 Å². The summed E-state index contributed by atoms with van der Waals surface area (Å²) in [7, 11) is 0. The lowest BCUT2D eigenvalue weighted by Gasteiger charge is -2.22. The predicted octanol–water partition coefficient (Wildman–Crippen LogP) is 3.10. The smallest absolute Gasteiger partial charge is 0.328 e. The van der Waals surface area contributed by atoms with Crippen LogP contribution >= 0.6 is 0 Å². The largest absolute Gasteiger partial charge is 0.478 e. The Balaban J connectivity index is 3.00. The van der Waals surface area contributed by atoms with Crippen LogP contribution in [0.5, 0.6) is 0 Å². The quantitative estimate of drug-likeness (QED) is 0.605. The maximum atomic E-state index is 14.0. The molecule has 1 aromatic rings. The van der Waals surface area contributed by atoms with Crippen molar-refractivity contribution in [2.75, 3.05) is 18.0 Å². The number of rotatable bonds is 7. The minimum atomic E-state index is -1.07. The number of halogens is 1. The number of anilines is 1. The number of carboxylic acids is 1. The van der Waals surface area contributed by atoms with Gasteiger partial charge < -0.3 is 10.0 Å². The molecule has 0 aliphatic rings. The number of carboxylic acid groups (broad SMARTS) is 1. The highest BCUT2D eigenvalue weighted by atomic mass is 19.1. The van der Waals surface area contributed by atoms with E-state index in [-0.39, 0.29) is 0 Å². The molecule has 1 aromatic carbocycles. The Bertz CT molecular complexity index is 499. The second kappa shape index (κ2) is 7.16. The van der Waals surface area contributed by atoms with E-state index >= 15 is 0 Å². The predicted molar refractivity (Wildman–Crippen MR) is 75.7 cm³/mol. The fourth-order valence-corrected chi connectivity index (χ4v) is 1.63. The third-order valence-corrected chi connectivity index (χ3v) is 2.43. The summed E-state index contributed by atoms with van der Waals surface area (Å²) in [5.74, 6) is -1.47. The third-order valence-electron chi connectivity index (χ3n) is 2.43. The Kier molecular flexibility index (Phi) is 5.54. The van der Waals surface area contributed by atoms with Crippen LogP contribution in [-0.2, 0) is 4.79 Å². The molecule has 100 valence electrons. The molecule has 0 radical (unpaired) electrons. The van der Waals surface area contributed by atoms with Crippen LogP contribution in [0, 0.1) is 5.82 Å². The Labute approximate surface area is 112 Å². The van der Waals surface area contributed by atoms with Crippen molar-refractivity contribution in [1.29, 1.82) is 0 Å². The summed E-state index contributed by atoms with van der Waals surface area (Å²) < 4.78 is 14.0. The van der Waals surface area contributed by atoms with Crippen molar-refractivity contribution >= 4 is 17.7 Å². The minimum absolute atomic E-state index is 0.406. The lowest BCUT2D eigenvalue weighted by atomic mass is 10.1. The molecule has 0 amide bonds. The molecule has 0 saturated carbocycles. The molecule has 19 heavy (non-hydrogen) atoms. The molecule has 0 aliphatic carbocycles. The van der Waals surface area contributed by atoms with E-state index in [2.05, 4.69) is 13.2 Å². The first-order valence-electron chi connectivity index (χ1n) is 5.75. The van der Waals surface area contributed by atoms with Crippen molar-refractivity contribution in [2.24, 2.45) is 0 Å². The Hall–Kier alpha value is -2.36. The van der Waals surface area contributed by atoms with Crippen LogP contribution in [0.4, 0.5) is 10.1 Å². The molecule has 0 saturated heterocycles. The van der Waals surface area contributed by atoms with Crippen molar-refractivity contribution in [3.05, 3.63) is 61.0 Å². The summed E-state index contributed by atoms with van der Waals surface area (Å²) >= 11 is 0. The molecular weight excluding hydrogens is 245 g/mol. The van der Waals surface area contributed by atoms with Crippen molar-refractivity contribution < 1.29 is 14.3 Å². The molecule has 0 atom stereocenters. The molecular formula is C15H16FNO2. The van der Waals surface area contributed by atoms with Crippen LogP contribution in [0.2, 0.25) is 0 Å². The normalized spacial score (nSPS) is 10.4. The summed E-state index contributed by atoms with van der Waals surface area (Å²) in [5.41, 5.74) is 0.938. The van der Waals surface area contributed by atoms with Gasteiger partial charge in [-0.15, -0.1) is 13.2 Å². The lowest BCUT2D eigenvalue weighted by molar-refractivity contribution is -0.131. The summed E-state index contributed by atoms with van der Waals surface area (Å²) in [5, 5.41) is 8.52. The van der Waals surface area contributed by atoms with Gasteiger partial charge in [0.25, 0.3) is 0 Å². The van der Waals surface area contributed by atoms with Gasteiger partial charge in [0.15, 0.2) is 0 Å². The van der Waals surface area contributed by atoms with E-state index in [9.17, 15) is 9.18 Å². The van der Waals surface area contributed by atoms with Gasteiger partial charge in [0.2, 0.25) is 0 Å². The van der Waals surface area contributed by atoms with Crippen LogP contribution in [0.25, 0.3) is 6.08 Å². The lowest BCUT2D eigenvalue weighted by Crippen LogP contribution is -2.24. The first-order valence-corrected chi connectivity index (χ1v) is 5.75. The Morgan fingerprint density at radius 2 is 1.95 bits per heavy atom. The standard InChI is InChI=1S/C15H16FNO2/c1-3-9-17(10-4-2)14-7-5-12(11-13(14)16)6-8-15(18)19/h3-8,11H,1-2,9-10H2,(H,18,19)/b8-6+. The average Bonchev–Trinajstić information content (AvgIpc) is 2.36. The molecule has 0 fully saturated rings. The van der Waals surface area contributed by atoms with E-state index in [1.807, 2.05) is 0 Å². The van der Waals surface area contributed by atoms with E-state index in [1.165, 1.54) is 12.1 Å². The van der Waals surface area contributed by atoms with Gasteiger partial charge in [0, 0.05) is 19.2 Å². The van der Waals surface area contributed by atoms with Gasteiger partial charge in [-0.3, -0.25) is 0 Å². The number of hydrogen-bond acceptors (Lipinski definition) is 2. The molecule has 1 rings (SSSR count). The maximum Gasteiger partial charge on any atom is 0.328 e. The molecule has 0 spiro atoms. The van der Waals surface area contributed by atoms with Gasteiger partial charge in [-0.05, 0) is 23.8 Å². The molecule has 1 N–H and O–H groups in total. The van der Waals surface area contributed by atoms with E-state index in [0.29, 0.717) is 24.3 Å². The van der Waals surface area contributed by atoms with Gasteiger partial charge >= 0.3 is 5.97 Å². The maximum absolute atomic E-state index is 14.0. The number of hydrogen-bond donors (Lipinski definition) is 1. The number of carbonyl (C=O) groups is 1. The van der Waals surface area contributed by atoms with Crippen LogP contribution in [0.15, 0.2) is 49.6 Å². The highest BCUT2D eigenvalue weighted by Gasteiger charge is 2.09. The first kappa shape index (κ1) is 14.7. The molecule has 0 heterocycles. The molecule has 0 aliphatic heterocycles. The molecule has 3 nitrogen and oxygen atoms in total. The summed E-state index contributed by atoms with van der Waals surface area (Å²) in [6.45, 7) is 8.27. The Morgan fingerprint density at radius 3 is 2.42 bits per heavy atom. The van der Waals surface area contributed by atoms with Gasteiger partial charge in [-0.1, -0.05) is 18.2 Å². The average molecular weight is 261 g/mol. The third kappa shape index (κ3) is 4.43. The van der Waals surface area contributed by atoms with Gasteiger partial charge in [0.05, 0.1) is 5.69 Å². The fourth-order valence-electron chi connectivity index (χ4n) is 1.63. The Morgan fingerprint density at radius 1 is 1.32 bits per heavy atom. The van der Waals surface area contributed by atoms with Crippen LogP contribution in [0.1, 0.15) is 5.56 Å². The van der Waals surface area contributed by atoms with Crippen molar-refractivity contribution in [3.63, 3.8) is 0 Å². The van der Waals surface area contributed by atoms with E-state index in [1.54, 1.807) is 29.2 Å². The highest BCUT2D eigenvalue weighted by molar-refractivity contribution is 5.85. The summed E-state index contributed by atoms with van der Waals surface area (Å²) in [6, 6.07) is 4.58. The number of nitrogens with zero attached hydrogens (tertiary/aromatic N) is 1. The topological polar surface area (TPSA) is 40.5 Å². The minimum Gasteiger partial charge on any atom is -0.478 e. The van der Waals surface area contributed by atoms with Crippen molar-refractivity contribution in [3.8, 4) is 0 Å². The SMILES string of the molecule is C=CCN(CC=C)c1ccc(/C=C/C(=O)O)cc1F. The van der Waals surface area contributed by atoms with Gasteiger partial charge in [-0.25, -0.2) is 9.18 Å². The summed E-state index contributed by atoms with van der Waals surface area (Å²) in [4.78, 5) is 12.2. The van der Waals surface area contributed by atoms with Crippen LogP contribution in [-0.4, -0.2) is 24.2 Å². The number of aliphatic carboxylic acids is 1. The monoisotopic (exact) mass is 261 g/mol. The van der Waals surface area contributed by atoms with Gasteiger partial charge in [0.1, 0.15) is 5.82 Å². The van der Waals surface area contributed by atoms with E-state index in [4.69, 9.17) is 5.11 Å². The van der Waals surface area contributed by atoms with E-state index < -0.39 is 11.8 Å².